The Balaban J connectivity index is 3.69. The first-order chi connectivity index (χ1) is 16.8. The second kappa shape index (κ2) is 12.4. The van der Waals surface area contributed by atoms with Crippen molar-refractivity contribution in [2.24, 2.45) is 5.73 Å². The van der Waals surface area contributed by atoms with Crippen LogP contribution in [0.2, 0.25) is 0 Å². The van der Waals surface area contributed by atoms with Gasteiger partial charge in [-0.05, 0) is 79.4 Å². The molecule has 0 aliphatic rings. The molecule has 9 heteroatoms. The molecule has 1 aromatic carbocycles. The van der Waals surface area contributed by atoms with E-state index in [1.165, 1.54) is 4.90 Å². The molecule has 2 atom stereocenters. The first kappa shape index (κ1) is 31.9. The van der Waals surface area contributed by atoms with E-state index in [4.69, 9.17) is 10.5 Å². The second-order valence-electron chi connectivity index (χ2n) is 12.0. The van der Waals surface area contributed by atoms with Crippen molar-refractivity contribution in [3.8, 4) is 0 Å². The first-order valence-electron chi connectivity index (χ1n) is 12.8. The molecule has 0 aliphatic carbocycles. The third-order valence-electron chi connectivity index (χ3n) is 5.86. The van der Waals surface area contributed by atoms with Gasteiger partial charge in [0.25, 0.3) is 0 Å². The Hall–Kier alpha value is -3.10. The summed E-state index contributed by atoms with van der Waals surface area (Å²) in [6, 6.07) is 5.17. The Labute approximate surface area is 221 Å². The number of primary amides is 1. The molecule has 0 bridgehead atoms. The van der Waals surface area contributed by atoms with Gasteiger partial charge in [0.1, 0.15) is 17.7 Å². The molecule has 1 rings (SSSR count). The number of hydrogen-bond acceptors (Lipinski definition) is 5. The molecule has 0 radical (unpaired) electrons. The van der Waals surface area contributed by atoms with Gasteiger partial charge in [0.15, 0.2) is 0 Å². The molecule has 208 valence electrons. The van der Waals surface area contributed by atoms with Crippen molar-refractivity contribution in [1.82, 2.24) is 15.5 Å². The van der Waals surface area contributed by atoms with Gasteiger partial charge < -0.3 is 26.0 Å². The van der Waals surface area contributed by atoms with Crippen molar-refractivity contribution in [1.29, 1.82) is 0 Å². The fraction of sp³-hybridized carbons (Fsp3) is 0.643. The predicted octanol–water partition coefficient (Wildman–Crippen LogP) is 3.99. The molecule has 0 aromatic heterocycles. The Bertz CT molecular complexity index is 958. The highest BCUT2D eigenvalue weighted by atomic mass is 16.6. The Morgan fingerprint density at radius 3 is 1.89 bits per heavy atom. The molecular formula is C28H46N4O5. The molecule has 37 heavy (non-hydrogen) atoms. The number of rotatable bonds is 10. The summed E-state index contributed by atoms with van der Waals surface area (Å²) in [4.78, 5) is 53.9. The van der Waals surface area contributed by atoms with E-state index in [-0.39, 0.29) is 5.91 Å². The maximum Gasteiger partial charge on any atom is 0.408 e. The topological polar surface area (TPSA) is 131 Å². The number of alkyl carbamates (subject to hydrolysis) is 1. The highest BCUT2D eigenvalue weighted by molar-refractivity contribution is 5.95. The monoisotopic (exact) mass is 518 g/mol. The van der Waals surface area contributed by atoms with Crippen LogP contribution in [0.5, 0.6) is 0 Å². The lowest BCUT2D eigenvalue weighted by atomic mass is 9.90. The highest BCUT2D eigenvalue weighted by Crippen LogP contribution is 2.33. The summed E-state index contributed by atoms with van der Waals surface area (Å²) in [7, 11) is 0. The summed E-state index contributed by atoms with van der Waals surface area (Å²) >= 11 is 0. The van der Waals surface area contributed by atoms with Crippen LogP contribution >= 0.6 is 0 Å². The molecule has 0 saturated carbocycles. The minimum absolute atomic E-state index is 0.373. The number of nitrogens with two attached hydrogens (primary N) is 1. The molecule has 4 amide bonds. The zero-order valence-electron chi connectivity index (χ0n) is 24.2. The van der Waals surface area contributed by atoms with Gasteiger partial charge in [-0.3, -0.25) is 14.4 Å². The predicted molar refractivity (Wildman–Crippen MR) is 145 cm³/mol. The number of amides is 4. The van der Waals surface area contributed by atoms with Crippen molar-refractivity contribution in [3.05, 3.63) is 35.4 Å². The van der Waals surface area contributed by atoms with Crippen LogP contribution in [0.15, 0.2) is 24.3 Å². The summed E-state index contributed by atoms with van der Waals surface area (Å²) < 4.78 is 5.32. The SMILES string of the molecule is CCc1ccc(C(C(=O)NC(C)(C)C)N(C(=O)C(CC(N)=O)NC(=O)OC(C)(C)C)C(C)(C)CC)cc1. The average molecular weight is 519 g/mol. The molecule has 0 saturated heterocycles. The van der Waals surface area contributed by atoms with E-state index in [1.54, 1.807) is 20.8 Å². The van der Waals surface area contributed by atoms with Crippen LogP contribution in [0.1, 0.15) is 99.2 Å². The molecule has 0 aliphatic heterocycles. The van der Waals surface area contributed by atoms with Crippen LogP contribution in [-0.2, 0) is 25.5 Å². The summed E-state index contributed by atoms with van der Waals surface area (Å²) in [5, 5.41) is 5.50. The number of nitrogens with one attached hydrogen (secondary N) is 2. The second-order valence-corrected chi connectivity index (χ2v) is 12.0. The number of benzene rings is 1. The lowest BCUT2D eigenvalue weighted by Crippen LogP contribution is -2.60. The van der Waals surface area contributed by atoms with Gasteiger partial charge >= 0.3 is 6.09 Å². The van der Waals surface area contributed by atoms with Gasteiger partial charge in [-0.15, -0.1) is 0 Å². The molecule has 0 fully saturated rings. The molecular weight excluding hydrogens is 472 g/mol. The van der Waals surface area contributed by atoms with Gasteiger partial charge in [-0.25, -0.2) is 4.79 Å². The van der Waals surface area contributed by atoms with E-state index in [9.17, 15) is 19.2 Å². The molecule has 4 N–H and O–H groups in total. The summed E-state index contributed by atoms with van der Waals surface area (Å²) in [6.45, 7) is 18.3. The standard InChI is InChI=1S/C28H46N4O5/c1-11-18-13-15-19(16-14-18)22(23(34)31-26(3,4)5)32(28(9,10)12-2)24(35)20(17-21(29)33)30-25(36)37-27(6,7)8/h13-16,20,22H,11-12,17H2,1-10H3,(H2,29,33)(H,30,36)(H,31,34). The van der Waals surface area contributed by atoms with E-state index in [0.717, 1.165) is 12.0 Å². The zero-order valence-corrected chi connectivity index (χ0v) is 24.2. The van der Waals surface area contributed by atoms with Crippen molar-refractivity contribution in [2.75, 3.05) is 0 Å². The van der Waals surface area contributed by atoms with Crippen LogP contribution in [0.3, 0.4) is 0 Å². The number of carbonyl (C=O) groups excluding carboxylic acids is 4. The van der Waals surface area contributed by atoms with E-state index in [2.05, 4.69) is 10.6 Å². The fourth-order valence-corrected chi connectivity index (χ4v) is 3.76. The minimum Gasteiger partial charge on any atom is -0.444 e. The van der Waals surface area contributed by atoms with Crippen LogP contribution in [-0.4, -0.2) is 51.4 Å². The minimum atomic E-state index is -1.32. The number of hydrogen-bond donors (Lipinski definition) is 3. The van der Waals surface area contributed by atoms with Crippen LogP contribution in [0, 0.1) is 0 Å². The maximum absolute atomic E-state index is 14.2. The Morgan fingerprint density at radius 1 is 0.946 bits per heavy atom. The van der Waals surface area contributed by atoms with Gasteiger partial charge in [0, 0.05) is 11.1 Å². The van der Waals surface area contributed by atoms with E-state index >= 15 is 0 Å². The molecule has 0 heterocycles. The van der Waals surface area contributed by atoms with Gasteiger partial charge in [-0.2, -0.15) is 0 Å². The molecule has 9 nitrogen and oxygen atoms in total. The largest absolute Gasteiger partial charge is 0.444 e. The van der Waals surface area contributed by atoms with Crippen LogP contribution in [0.4, 0.5) is 4.79 Å². The zero-order chi connectivity index (χ0) is 28.8. The third-order valence-corrected chi connectivity index (χ3v) is 5.86. The lowest BCUT2D eigenvalue weighted by Gasteiger charge is -2.45. The van der Waals surface area contributed by atoms with Crippen LogP contribution in [0.25, 0.3) is 0 Å². The van der Waals surface area contributed by atoms with Crippen molar-refractivity contribution in [3.63, 3.8) is 0 Å². The molecule has 1 aromatic rings. The van der Waals surface area contributed by atoms with Crippen molar-refractivity contribution >= 4 is 23.8 Å². The van der Waals surface area contributed by atoms with Crippen molar-refractivity contribution in [2.45, 2.75) is 117 Å². The quantitative estimate of drug-likeness (QED) is 0.431. The van der Waals surface area contributed by atoms with Gasteiger partial charge in [0.2, 0.25) is 17.7 Å². The maximum atomic E-state index is 14.2. The van der Waals surface area contributed by atoms with Crippen LogP contribution < -0.4 is 16.4 Å². The Kier molecular flexibility index (Phi) is 10.7. The number of carbonyl (C=O) groups is 4. The lowest BCUT2D eigenvalue weighted by molar-refractivity contribution is -0.150. The smallest absolute Gasteiger partial charge is 0.408 e. The third kappa shape index (κ3) is 10.1. The van der Waals surface area contributed by atoms with Gasteiger partial charge in [0.05, 0.1) is 6.42 Å². The van der Waals surface area contributed by atoms with E-state index < -0.39 is 53.1 Å². The van der Waals surface area contributed by atoms with Gasteiger partial charge in [-0.1, -0.05) is 38.1 Å². The summed E-state index contributed by atoms with van der Waals surface area (Å²) in [5.74, 6) is -1.75. The van der Waals surface area contributed by atoms with E-state index in [1.807, 2.05) is 72.7 Å². The van der Waals surface area contributed by atoms with E-state index in [0.29, 0.717) is 12.0 Å². The average Bonchev–Trinajstić information content (AvgIpc) is 2.73. The number of nitrogens with zero attached hydrogens (tertiary/aromatic N) is 1. The normalized spacial score (nSPS) is 13.8. The van der Waals surface area contributed by atoms with Crippen molar-refractivity contribution < 1.29 is 23.9 Å². The number of ether oxygens (including phenoxy) is 1. The summed E-state index contributed by atoms with van der Waals surface area (Å²) in [6.07, 6.45) is 0.0182. The molecule has 2 unspecified atom stereocenters. The Morgan fingerprint density at radius 2 is 1.49 bits per heavy atom. The first-order valence-corrected chi connectivity index (χ1v) is 12.8. The molecule has 0 spiro atoms. The number of aryl methyl sites for hydroxylation is 1. The fourth-order valence-electron chi connectivity index (χ4n) is 3.76. The highest BCUT2D eigenvalue weighted by Gasteiger charge is 2.44. The summed E-state index contributed by atoms with van der Waals surface area (Å²) in [5.41, 5.74) is 4.95.